The summed E-state index contributed by atoms with van der Waals surface area (Å²) in [6.45, 7) is 13.4. The predicted molar refractivity (Wildman–Crippen MR) is 260 cm³/mol. The van der Waals surface area contributed by atoms with Crippen LogP contribution in [0.4, 0.5) is 15.8 Å². The van der Waals surface area contributed by atoms with E-state index in [0.29, 0.717) is 70.6 Å². The zero-order valence-electron chi connectivity index (χ0n) is 38.4. The molecule has 4 aromatic heterocycles. The summed E-state index contributed by atoms with van der Waals surface area (Å²) in [5.41, 5.74) is 8.63. The van der Waals surface area contributed by atoms with E-state index in [1.807, 2.05) is 63.2 Å². The number of nitrogens with zero attached hydrogens (tertiary/aromatic N) is 6. The van der Waals surface area contributed by atoms with E-state index < -0.39 is 11.2 Å². The first-order valence-corrected chi connectivity index (χ1v) is 23.6. The fraction of sp³-hybridized carbons (Fsp3) is 0.373. The van der Waals surface area contributed by atoms with Gasteiger partial charge in [-0.1, -0.05) is 53.7 Å². The highest BCUT2D eigenvalue weighted by Crippen LogP contribution is 2.37. The number of rotatable bonds is 16. The Morgan fingerprint density at radius 2 is 1.18 bits per heavy atom. The van der Waals surface area contributed by atoms with Crippen LogP contribution in [0, 0.1) is 38.4 Å². The molecule has 0 unspecified atom stereocenters. The van der Waals surface area contributed by atoms with E-state index in [2.05, 4.69) is 25.7 Å². The van der Waals surface area contributed by atoms with Crippen LogP contribution in [0.15, 0.2) is 89.0 Å². The van der Waals surface area contributed by atoms with Gasteiger partial charge in [0.2, 0.25) is 0 Å². The van der Waals surface area contributed by atoms with Crippen LogP contribution < -0.4 is 10.6 Å². The van der Waals surface area contributed by atoms with Crippen molar-refractivity contribution in [2.24, 2.45) is 11.8 Å². The van der Waals surface area contributed by atoms with Crippen LogP contribution in [-0.2, 0) is 0 Å². The lowest BCUT2D eigenvalue weighted by molar-refractivity contribution is 0.0939. The third-order valence-corrected chi connectivity index (χ3v) is 12.9. The Balaban J connectivity index is 0.000000185. The Hall–Kier alpha value is -5.67. The van der Waals surface area contributed by atoms with Gasteiger partial charge in [0.1, 0.15) is 10.8 Å². The number of carbonyl (C=O) groups is 2. The molecule has 2 aliphatic carbocycles. The lowest BCUT2D eigenvalue weighted by atomic mass is 9.98. The van der Waals surface area contributed by atoms with Gasteiger partial charge >= 0.3 is 0 Å². The van der Waals surface area contributed by atoms with Crippen LogP contribution in [0.1, 0.15) is 104 Å². The minimum Gasteiger partial charge on any atom is -0.389 e. The SMILES string of the molecule is Cc1cc(-c2cnc3c(NCC(C)(C)O)cc(Cl)nn23)ccc1C(=O)CC1CC1.Cc1ccc(F)cc1Sc1cc(NCC(C)(C)O)c2ncc(-c3ccc(C(=O)CC4CC4)c(C)c3)n2n1. The number of aromatic nitrogens is 6. The van der Waals surface area contributed by atoms with Crippen molar-refractivity contribution in [1.82, 2.24) is 29.2 Å². The van der Waals surface area contributed by atoms with Gasteiger partial charge in [0.15, 0.2) is 28.0 Å². The molecule has 4 N–H and O–H groups in total. The molecule has 12 nitrogen and oxygen atoms in total. The van der Waals surface area contributed by atoms with Gasteiger partial charge in [-0.25, -0.2) is 23.4 Å². The smallest absolute Gasteiger partial charge is 0.177 e. The maximum Gasteiger partial charge on any atom is 0.177 e. The summed E-state index contributed by atoms with van der Waals surface area (Å²) < 4.78 is 17.4. The average molecular weight is 932 g/mol. The van der Waals surface area contributed by atoms with Gasteiger partial charge in [-0.2, -0.15) is 10.2 Å². The summed E-state index contributed by atoms with van der Waals surface area (Å²) >= 11 is 7.61. The number of halogens is 2. The minimum absolute atomic E-state index is 0.199. The molecule has 0 atom stereocenters. The van der Waals surface area contributed by atoms with E-state index in [1.165, 1.54) is 36.7 Å². The van der Waals surface area contributed by atoms with Crippen LogP contribution >= 0.6 is 23.4 Å². The van der Waals surface area contributed by atoms with Crippen molar-refractivity contribution in [2.75, 3.05) is 23.7 Å². The molecule has 3 aromatic carbocycles. The van der Waals surface area contributed by atoms with E-state index in [9.17, 15) is 24.2 Å². The molecule has 344 valence electrons. The zero-order chi connectivity index (χ0) is 47.1. The monoisotopic (exact) mass is 930 g/mol. The standard InChI is InChI=1S/C29H31FN4O2S.C22H25ClN4O2/c1-17-5-9-21(30)13-26(17)37-27-14-23(32-16-29(3,4)36)28-31-15-24(34(28)33-27)20-8-10-22(18(2)11-20)25(35)12-19-6-7-19;1-13-8-15(6-7-16(13)19(28)9-14-4-5-14)18-11-24-21-17(25-12-22(2,3)29)10-20(23)26-27(18)21/h5,8-11,13-15,19,32,36H,6-7,12,16H2,1-4H3;6-8,10-11,14,25,29H,4-5,9,12H2,1-3H3. The average Bonchev–Trinajstić information content (AvgIpc) is 4.16. The number of benzene rings is 3. The lowest BCUT2D eigenvalue weighted by Crippen LogP contribution is -2.29. The normalized spacial score (nSPS) is 14.0. The number of anilines is 2. The number of ketones is 2. The third-order valence-electron chi connectivity index (χ3n) is 11.7. The quantitative estimate of drug-likeness (QED) is 0.0683. The molecular weight excluding hydrogens is 875 g/mol. The molecule has 66 heavy (non-hydrogen) atoms. The number of hydrogen-bond donors (Lipinski definition) is 4. The minimum atomic E-state index is -0.928. The van der Waals surface area contributed by atoms with Crippen molar-refractivity contribution >= 4 is 57.6 Å². The topological polar surface area (TPSA) is 159 Å². The summed E-state index contributed by atoms with van der Waals surface area (Å²) in [4.78, 5) is 35.1. The zero-order valence-corrected chi connectivity index (χ0v) is 39.9. The molecule has 0 amide bonds. The number of aliphatic hydroxyl groups is 2. The molecule has 0 saturated heterocycles. The van der Waals surface area contributed by atoms with Crippen molar-refractivity contribution in [2.45, 2.75) is 108 Å². The fourth-order valence-electron chi connectivity index (χ4n) is 7.67. The van der Waals surface area contributed by atoms with Crippen LogP contribution in [0.3, 0.4) is 0 Å². The van der Waals surface area contributed by atoms with Crippen molar-refractivity contribution in [3.05, 3.63) is 118 Å². The predicted octanol–water partition coefficient (Wildman–Crippen LogP) is 11.0. The van der Waals surface area contributed by atoms with Crippen molar-refractivity contribution < 1.29 is 24.2 Å². The van der Waals surface area contributed by atoms with Gasteiger partial charge in [0, 0.05) is 59.1 Å². The number of carbonyl (C=O) groups excluding carboxylic acids is 2. The van der Waals surface area contributed by atoms with E-state index in [-0.39, 0.29) is 17.4 Å². The van der Waals surface area contributed by atoms with Crippen molar-refractivity contribution in [1.29, 1.82) is 0 Å². The first-order chi connectivity index (χ1) is 31.3. The van der Waals surface area contributed by atoms with Gasteiger partial charge < -0.3 is 20.8 Å². The third kappa shape index (κ3) is 11.5. The van der Waals surface area contributed by atoms with Crippen LogP contribution in [0.2, 0.25) is 5.15 Å². The maximum atomic E-state index is 14.0. The molecule has 0 aliphatic heterocycles. The summed E-state index contributed by atoms with van der Waals surface area (Å²) in [6.07, 6.45) is 9.40. The Kier molecular flexibility index (Phi) is 13.4. The van der Waals surface area contributed by atoms with Crippen molar-refractivity contribution in [3.63, 3.8) is 0 Å². The Morgan fingerprint density at radius 1 is 0.697 bits per heavy atom. The number of Topliss-reactive ketones (excluding diaryl/α,β-unsaturated/α-hetero) is 2. The van der Waals surface area contributed by atoms with Gasteiger partial charge in [0.25, 0.3) is 0 Å². The molecule has 0 bridgehead atoms. The second kappa shape index (κ2) is 18.9. The van der Waals surface area contributed by atoms with Gasteiger partial charge in [0.05, 0.1) is 46.4 Å². The molecule has 4 heterocycles. The molecule has 2 saturated carbocycles. The van der Waals surface area contributed by atoms with Crippen molar-refractivity contribution in [3.8, 4) is 22.5 Å². The van der Waals surface area contributed by atoms with Gasteiger partial charge in [-0.3, -0.25) is 9.59 Å². The molecule has 0 radical (unpaired) electrons. The Bertz CT molecular complexity index is 2960. The molecule has 7 aromatic rings. The van der Waals surface area contributed by atoms with Crippen LogP contribution in [-0.4, -0.2) is 75.3 Å². The second-order valence-corrected chi connectivity index (χ2v) is 20.5. The number of nitrogens with one attached hydrogen (secondary N) is 2. The highest BCUT2D eigenvalue weighted by molar-refractivity contribution is 7.99. The first-order valence-electron chi connectivity index (χ1n) is 22.4. The van der Waals surface area contributed by atoms with Crippen LogP contribution in [0.5, 0.6) is 0 Å². The molecule has 0 spiro atoms. The van der Waals surface area contributed by atoms with E-state index in [1.54, 1.807) is 61.3 Å². The number of aryl methyl sites for hydroxylation is 3. The molecular formula is C51H56ClFN8O4S. The summed E-state index contributed by atoms with van der Waals surface area (Å²) in [5, 5.41) is 37.0. The Morgan fingerprint density at radius 3 is 1.65 bits per heavy atom. The lowest BCUT2D eigenvalue weighted by Gasteiger charge is -2.19. The fourth-order valence-corrected chi connectivity index (χ4v) is 8.78. The number of hydrogen-bond acceptors (Lipinski definition) is 11. The first kappa shape index (κ1) is 46.8. The summed E-state index contributed by atoms with van der Waals surface area (Å²) in [5.74, 6) is 1.23. The van der Waals surface area contributed by atoms with Gasteiger partial charge in [-0.15, -0.1) is 0 Å². The number of fused-ring (bicyclic) bond motifs is 2. The molecule has 2 aliphatic rings. The Labute approximate surface area is 393 Å². The van der Waals surface area contributed by atoms with E-state index >= 15 is 0 Å². The molecule has 9 rings (SSSR count). The largest absolute Gasteiger partial charge is 0.389 e. The highest BCUT2D eigenvalue weighted by Gasteiger charge is 2.27. The van der Waals surface area contributed by atoms with Crippen LogP contribution in [0.25, 0.3) is 33.8 Å². The summed E-state index contributed by atoms with van der Waals surface area (Å²) in [6, 6.07) is 19.9. The number of imidazole rings is 2. The van der Waals surface area contributed by atoms with E-state index in [0.717, 1.165) is 68.1 Å². The molecule has 15 heteroatoms. The maximum absolute atomic E-state index is 14.0. The van der Waals surface area contributed by atoms with Gasteiger partial charge in [-0.05, 0) is 133 Å². The summed E-state index contributed by atoms with van der Waals surface area (Å²) in [7, 11) is 0. The van der Waals surface area contributed by atoms with E-state index in [4.69, 9.17) is 16.7 Å². The second-order valence-electron chi connectivity index (χ2n) is 19.1. The highest BCUT2D eigenvalue weighted by atomic mass is 35.5. The molecule has 2 fully saturated rings.